The largest absolute Gasteiger partial charge is 0.493 e. The van der Waals surface area contributed by atoms with E-state index in [1.54, 1.807) is 0 Å². The minimum atomic E-state index is -0.195. The summed E-state index contributed by atoms with van der Waals surface area (Å²) in [5, 5.41) is 5.76. The summed E-state index contributed by atoms with van der Waals surface area (Å²) in [7, 11) is 0. The smallest absolute Gasteiger partial charge is 0.223 e. The van der Waals surface area contributed by atoms with Crippen molar-refractivity contribution in [2.24, 2.45) is 11.8 Å². The third-order valence-electron chi connectivity index (χ3n) is 4.08. The number of carbonyl (C=O) groups is 2. The van der Waals surface area contributed by atoms with E-state index in [4.69, 9.17) is 4.74 Å². The zero-order valence-electron chi connectivity index (χ0n) is 14.6. The molecule has 2 N–H and O–H groups in total. The first-order valence-electron chi connectivity index (χ1n) is 8.80. The highest BCUT2D eigenvalue weighted by molar-refractivity contribution is 5.85. The Balaban J connectivity index is 1.75. The summed E-state index contributed by atoms with van der Waals surface area (Å²) in [6.45, 7) is 6.11. The van der Waals surface area contributed by atoms with Gasteiger partial charge < -0.3 is 15.4 Å². The van der Waals surface area contributed by atoms with Crippen molar-refractivity contribution in [1.82, 2.24) is 10.6 Å². The molecular weight excluding hydrogens is 304 g/mol. The fourth-order valence-electron chi connectivity index (χ4n) is 2.66. The molecule has 2 rings (SSSR count). The zero-order chi connectivity index (χ0) is 17.4. The molecule has 0 saturated carbocycles. The summed E-state index contributed by atoms with van der Waals surface area (Å²) >= 11 is 0. The van der Waals surface area contributed by atoms with Crippen LogP contribution in [0.4, 0.5) is 0 Å². The molecule has 1 atom stereocenters. The van der Waals surface area contributed by atoms with Crippen molar-refractivity contribution < 1.29 is 14.3 Å². The number of ether oxygens (including phenoxy) is 1. The van der Waals surface area contributed by atoms with E-state index in [1.165, 1.54) is 0 Å². The lowest BCUT2D eigenvalue weighted by Crippen LogP contribution is -2.33. The minimum Gasteiger partial charge on any atom is -0.493 e. The van der Waals surface area contributed by atoms with E-state index in [1.807, 2.05) is 24.3 Å². The Morgan fingerprint density at radius 2 is 2.04 bits per heavy atom. The van der Waals surface area contributed by atoms with E-state index in [2.05, 4.69) is 24.5 Å². The average molecular weight is 332 g/mol. The molecule has 0 bridgehead atoms. The van der Waals surface area contributed by atoms with Crippen LogP contribution in [0.25, 0.3) is 0 Å². The molecule has 24 heavy (non-hydrogen) atoms. The molecule has 0 aromatic heterocycles. The van der Waals surface area contributed by atoms with Crippen molar-refractivity contribution in [2.45, 2.75) is 46.1 Å². The van der Waals surface area contributed by atoms with E-state index >= 15 is 0 Å². The minimum absolute atomic E-state index is 0.00861. The molecule has 1 fully saturated rings. The van der Waals surface area contributed by atoms with Crippen LogP contribution in [-0.2, 0) is 16.1 Å². The Hall–Kier alpha value is -2.04. The van der Waals surface area contributed by atoms with E-state index in [9.17, 15) is 9.59 Å². The average Bonchev–Trinajstić information content (AvgIpc) is 2.77. The number of rotatable bonds is 7. The lowest BCUT2D eigenvalue weighted by atomic mass is 9.98. The molecule has 5 nitrogen and oxygen atoms in total. The van der Waals surface area contributed by atoms with Crippen LogP contribution in [0.1, 0.15) is 45.1 Å². The van der Waals surface area contributed by atoms with Crippen LogP contribution in [0.15, 0.2) is 24.3 Å². The maximum absolute atomic E-state index is 12.1. The van der Waals surface area contributed by atoms with Gasteiger partial charge in [-0.05, 0) is 36.5 Å². The SMILES string of the molecule is CC(C)COc1ccc(CNC(=O)CC2CCCCNC2=O)cc1. The number of benzene rings is 1. The van der Waals surface area contributed by atoms with Gasteiger partial charge in [-0.3, -0.25) is 9.59 Å². The molecule has 1 unspecified atom stereocenters. The lowest BCUT2D eigenvalue weighted by Gasteiger charge is -2.13. The second kappa shape index (κ2) is 9.30. The van der Waals surface area contributed by atoms with Crippen LogP contribution in [-0.4, -0.2) is 25.0 Å². The third kappa shape index (κ3) is 6.22. The molecule has 5 heteroatoms. The highest BCUT2D eigenvalue weighted by Gasteiger charge is 2.23. The van der Waals surface area contributed by atoms with E-state index in [0.29, 0.717) is 19.1 Å². The first-order chi connectivity index (χ1) is 11.5. The van der Waals surface area contributed by atoms with Crippen molar-refractivity contribution in [2.75, 3.05) is 13.2 Å². The highest BCUT2D eigenvalue weighted by Crippen LogP contribution is 2.16. The van der Waals surface area contributed by atoms with Gasteiger partial charge in [-0.25, -0.2) is 0 Å². The fourth-order valence-corrected chi connectivity index (χ4v) is 2.66. The maximum atomic E-state index is 12.1. The summed E-state index contributed by atoms with van der Waals surface area (Å²) < 4.78 is 5.64. The molecule has 1 heterocycles. The van der Waals surface area contributed by atoms with Crippen molar-refractivity contribution in [3.05, 3.63) is 29.8 Å². The van der Waals surface area contributed by atoms with Crippen molar-refractivity contribution in [3.63, 3.8) is 0 Å². The van der Waals surface area contributed by atoms with Gasteiger partial charge in [-0.1, -0.05) is 32.4 Å². The van der Waals surface area contributed by atoms with Gasteiger partial charge in [0.1, 0.15) is 5.75 Å². The molecule has 1 aromatic carbocycles. The molecule has 1 aromatic rings. The Labute approximate surface area is 144 Å². The Morgan fingerprint density at radius 3 is 2.75 bits per heavy atom. The molecule has 1 aliphatic heterocycles. The predicted molar refractivity (Wildman–Crippen MR) is 93.6 cm³/mol. The Kier molecular flexibility index (Phi) is 7.09. The van der Waals surface area contributed by atoms with Crippen LogP contribution >= 0.6 is 0 Å². The summed E-state index contributed by atoms with van der Waals surface area (Å²) in [6.07, 6.45) is 3.05. The maximum Gasteiger partial charge on any atom is 0.223 e. The van der Waals surface area contributed by atoms with E-state index < -0.39 is 0 Å². The molecule has 0 spiro atoms. The van der Waals surface area contributed by atoms with Gasteiger partial charge in [0, 0.05) is 25.4 Å². The van der Waals surface area contributed by atoms with Crippen molar-refractivity contribution in [3.8, 4) is 5.75 Å². The molecule has 2 amide bonds. The molecule has 1 aliphatic rings. The van der Waals surface area contributed by atoms with E-state index in [0.717, 1.165) is 37.1 Å². The number of hydrogen-bond donors (Lipinski definition) is 2. The van der Waals surface area contributed by atoms with Crippen LogP contribution in [0.2, 0.25) is 0 Å². The lowest BCUT2D eigenvalue weighted by molar-refractivity contribution is -0.130. The highest BCUT2D eigenvalue weighted by atomic mass is 16.5. The van der Waals surface area contributed by atoms with Crippen molar-refractivity contribution >= 4 is 11.8 Å². The summed E-state index contributed by atoms with van der Waals surface area (Å²) in [5.74, 6) is 1.07. The Bertz CT molecular complexity index is 540. The first-order valence-corrected chi connectivity index (χ1v) is 8.80. The van der Waals surface area contributed by atoms with Gasteiger partial charge >= 0.3 is 0 Å². The van der Waals surface area contributed by atoms with Crippen LogP contribution < -0.4 is 15.4 Å². The van der Waals surface area contributed by atoms with Gasteiger partial charge in [-0.2, -0.15) is 0 Å². The van der Waals surface area contributed by atoms with Gasteiger partial charge in [-0.15, -0.1) is 0 Å². The van der Waals surface area contributed by atoms with Gasteiger partial charge in [0.2, 0.25) is 11.8 Å². The van der Waals surface area contributed by atoms with E-state index in [-0.39, 0.29) is 24.2 Å². The second-order valence-electron chi connectivity index (χ2n) is 6.81. The fraction of sp³-hybridized carbons (Fsp3) is 0.579. The standard InChI is InChI=1S/C19H28N2O3/c1-14(2)13-24-17-8-6-15(7-9-17)12-21-18(22)11-16-5-3-4-10-20-19(16)23/h6-9,14,16H,3-5,10-13H2,1-2H3,(H,20,23)(H,21,22). The predicted octanol–water partition coefficient (Wildman–Crippen LogP) is 2.64. The topological polar surface area (TPSA) is 67.4 Å². The molecular formula is C19H28N2O3. The van der Waals surface area contributed by atoms with Gasteiger partial charge in [0.15, 0.2) is 0 Å². The van der Waals surface area contributed by atoms with Crippen LogP contribution in [0, 0.1) is 11.8 Å². The normalized spacial score (nSPS) is 18.0. The van der Waals surface area contributed by atoms with Crippen molar-refractivity contribution in [1.29, 1.82) is 0 Å². The first kappa shape index (κ1) is 18.3. The third-order valence-corrected chi connectivity index (χ3v) is 4.08. The van der Waals surface area contributed by atoms with Crippen LogP contribution in [0.3, 0.4) is 0 Å². The summed E-state index contributed by atoms with van der Waals surface area (Å²) in [5.41, 5.74) is 1.02. The zero-order valence-corrected chi connectivity index (χ0v) is 14.6. The molecule has 0 aliphatic carbocycles. The number of amides is 2. The second-order valence-corrected chi connectivity index (χ2v) is 6.81. The molecule has 132 valence electrons. The molecule has 0 radical (unpaired) electrons. The summed E-state index contributed by atoms with van der Waals surface area (Å²) in [4.78, 5) is 23.9. The number of hydrogen-bond acceptors (Lipinski definition) is 3. The number of nitrogens with one attached hydrogen (secondary N) is 2. The van der Waals surface area contributed by atoms with Gasteiger partial charge in [0.25, 0.3) is 0 Å². The van der Waals surface area contributed by atoms with Crippen LogP contribution in [0.5, 0.6) is 5.75 Å². The monoisotopic (exact) mass is 332 g/mol. The van der Waals surface area contributed by atoms with Gasteiger partial charge in [0.05, 0.1) is 6.61 Å². The molecule has 1 saturated heterocycles. The number of carbonyl (C=O) groups excluding carboxylic acids is 2. The summed E-state index contributed by atoms with van der Waals surface area (Å²) in [6, 6.07) is 7.74. The Morgan fingerprint density at radius 1 is 1.29 bits per heavy atom. The quantitative estimate of drug-likeness (QED) is 0.806.